The third kappa shape index (κ3) is 5.48. The van der Waals surface area contributed by atoms with Gasteiger partial charge >= 0.3 is 0 Å². The number of benzene rings is 4. The van der Waals surface area contributed by atoms with Crippen LogP contribution in [0.5, 0.6) is 11.5 Å². The molecular weight excluding hydrogens is 488 g/mol. The highest BCUT2D eigenvalue weighted by molar-refractivity contribution is 7.21. The van der Waals surface area contributed by atoms with Crippen molar-refractivity contribution in [1.29, 1.82) is 0 Å². The van der Waals surface area contributed by atoms with Crippen LogP contribution >= 0.6 is 22.9 Å². The lowest BCUT2D eigenvalue weighted by molar-refractivity contribution is 0.284. The van der Waals surface area contributed by atoms with Crippen molar-refractivity contribution in [3.63, 3.8) is 0 Å². The zero-order valence-corrected chi connectivity index (χ0v) is 22.0. The number of nitrogens with zero attached hydrogens (tertiary/aromatic N) is 1. The maximum Gasteiger partial charge on any atom is 0.180 e. The molecule has 0 amide bonds. The van der Waals surface area contributed by atoms with Gasteiger partial charge in [0.2, 0.25) is 0 Å². The Bertz CT molecular complexity index is 1510. The zero-order valence-electron chi connectivity index (χ0n) is 20.5. The Hall–Kier alpha value is -3.54. The maximum atomic E-state index is 6.59. The van der Waals surface area contributed by atoms with E-state index in [1.165, 1.54) is 15.8 Å². The smallest absolute Gasteiger partial charge is 0.180 e. The minimum atomic E-state index is 0.427. The molecule has 0 atom stereocenters. The number of halogens is 1. The zero-order chi connectivity index (χ0) is 25.1. The van der Waals surface area contributed by atoms with Gasteiger partial charge in [0.05, 0.1) is 22.3 Å². The molecule has 182 valence electrons. The number of nitrogens with one attached hydrogen (secondary N) is 1. The van der Waals surface area contributed by atoms with Gasteiger partial charge < -0.3 is 14.8 Å². The molecule has 36 heavy (non-hydrogen) atoms. The molecule has 0 bridgehead atoms. The van der Waals surface area contributed by atoms with Gasteiger partial charge in [-0.25, -0.2) is 4.98 Å². The van der Waals surface area contributed by atoms with E-state index in [0.29, 0.717) is 29.7 Å². The Balaban J connectivity index is 1.25. The number of methoxy groups -OCH3 is 1. The molecule has 1 N–H and O–H groups in total. The van der Waals surface area contributed by atoms with Crippen LogP contribution in [0.3, 0.4) is 0 Å². The number of rotatable bonds is 8. The first-order valence-corrected chi connectivity index (χ1v) is 12.9. The van der Waals surface area contributed by atoms with Gasteiger partial charge in [0, 0.05) is 17.8 Å². The second-order valence-electron chi connectivity index (χ2n) is 8.81. The Kier molecular flexibility index (Phi) is 7.12. The Morgan fingerprint density at radius 3 is 2.47 bits per heavy atom. The van der Waals surface area contributed by atoms with E-state index in [0.717, 1.165) is 32.9 Å². The molecule has 0 unspecified atom stereocenters. The van der Waals surface area contributed by atoms with Gasteiger partial charge in [-0.05, 0) is 79.1 Å². The Morgan fingerprint density at radius 2 is 1.69 bits per heavy atom. The van der Waals surface area contributed by atoms with Crippen LogP contribution < -0.4 is 14.8 Å². The standard InChI is InChI=1S/C30H27ClN2O2S/c1-19-5-4-6-21(13-19)18-35-29-25(31)15-22(16-27(29)34-3)17-32-24-10-8-23(9-11-24)30-33-26-12-7-20(2)14-28(26)36-30/h4-16,32H,17-18H2,1-3H3. The van der Waals surface area contributed by atoms with E-state index < -0.39 is 0 Å². The lowest BCUT2D eigenvalue weighted by Gasteiger charge is -2.15. The summed E-state index contributed by atoms with van der Waals surface area (Å²) in [6.07, 6.45) is 0. The van der Waals surface area contributed by atoms with Crippen LogP contribution in [-0.4, -0.2) is 12.1 Å². The van der Waals surface area contributed by atoms with E-state index in [-0.39, 0.29) is 0 Å². The van der Waals surface area contributed by atoms with Crippen molar-refractivity contribution in [3.8, 4) is 22.1 Å². The monoisotopic (exact) mass is 514 g/mol. The fraction of sp³-hybridized carbons (Fsp3) is 0.167. The molecule has 0 fully saturated rings. The van der Waals surface area contributed by atoms with E-state index in [4.69, 9.17) is 26.1 Å². The molecule has 0 radical (unpaired) electrons. The SMILES string of the molecule is COc1cc(CNc2ccc(-c3nc4ccc(C)cc4s3)cc2)cc(Cl)c1OCc1cccc(C)c1. The van der Waals surface area contributed by atoms with Crippen molar-refractivity contribution in [3.05, 3.63) is 106 Å². The molecule has 1 heterocycles. The predicted octanol–water partition coefficient (Wildman–Crippen LogP) is 8.43. The van der Waals surface area contributed by atoms with Crippen LogP contribution in [0.2, 0.25) is 5.02 Å². The summed E-state index contributed by atoms with van der Waals surface area (Å²) in [6.45, 7) is 5.20. The fourth-order valence-electron chi connectivity index (χ4n) is 4.06. The normalized spacial score (nSPS) is 11.0. The molecule has 6 heteroatoms. The first kappa shape index (κ1) is 24.2. The summed E-state index contributed by atoms with van der Waals surface area (Å²) in [7, 11) is 1.63. The molecule has 0 saturated carbocycles. The highest BCUT2D eigenvalue weighted by Gasteiger charge is 2.13. The molecule has 0 aliphatic heterocycles. The van der Waals surface area contributed by atoms with Crippen molar-refractivity contribution in [2.24, 2.45) is 0 Å². The van der Waals surface area contributed by atoms with E-state index in [1.54, 1.807) is 18.4 Å². The molecule has 4 aromatic carbocycles. The fourth-order valence-corrected chi connectivity index (χ4v) is 5.42. The average molecular weight is 515 g/mol. The van der Waals surface area contributed by atoms with Crippen LogP contribution in [0.15, 0.2) is 78.9 Å². The number of hydrogen-bond donors (Lipinski definition) is 1. The Labute approximate surface area is 220 Å². The largest absolute Gasteiger partial charge is 0.493 e. The van der Waals surface area contributed by atoms with Crippen molar-refractivity contribution in [1.82, 2.24) is 4.98 Å². The third-order valence-corrected chi connectivity index (χ3v) is 7.28. The first-order chi connectivity index (χ1) is 17.5. The second kappa shape index (κ2) is 10.6. The maximum absolute atomic E-state index is 6.59. The van der Waals surface area contributed by atoms with E-state index in [1.807, 2.05) is 24.3 Å². The summed E-state index contributed by atoms with van der Waals surface area (Å²) in [5.41, 5.74) is 7.71. The molecule has 0 aliphatic rings. The predicted molar refractivity (Wildman–Crippen MR) is 151 cm³/mol. The van der Waals surface area contributed by atoms with Gasteiger partial charge in [0.25, 0.3) is 0 Å². The second-order valence-corrected chi connectivity index (χ2v) is 10.2. The molecule has 4 nitrogen and oxygen atoms in total. The molecule has 5 aromatic rings. The topological polar surface area (TPSA) is 43.4 Å². The summed E-state index contributed by atoms with van der Waals surface area (Å²) in [6, 6.07) is 26.8. The van der Waals surface area contributed by atoms with Gasteiger partial charge in [-0.15, -0.1) is 11.3 Å². The van der Waals surface area contributed by atoms with Crippen LogP contribution in [0, 0.1) is 13.8 Å². The van der Waals surface area contributed by atoms with Crippen molar-refractivity contribution in [2.45, 2.75) is 27.0 Å². The van der Waals surface area contributed by atoms with E-state index >= 15 is 0 Å². The number of anilines is 1. The molecule has 1 aromatic heterocycles. The summed E-state index contributed by atoms with van der Waals surface area (Å²) >= 11 is 8.30. The number of aromatic nitrogens is 1. The van der Waals surface area contributed by atoms with Gasteiger partial charge in [-0.2, -0.15) is 0 Å². The lowest BCUT2D eigenvalue weighted by atomic mass is 10.1. The number of fused-ring (bicyclic) bond motifs is 1. The molecular formula is C30H27ClN2O2S. The summed E-state index contributed by atoms with van der Waals surface area (Å²) in [5.74, 6) is 1.17. The summed E-state index contributed by atoms with van der Waals surface area (Å²) in [5, 5.41) is 5.02. The third-order valence-electron chi connectivity index (χ3n) is 5.93. The van der Waals surface area contributed by atoms with Gasteiger partial charge in [0.1, 0.15) is 11.6 Å². The molecule has 0 aliphatic carbocycles. The van der Waals surface area contributed by atoms with Crippen LogP contribution in [0.25, 0.3) is 20.8 Å². The molecule has 0 saturated heterocycles. The summed E-state index contributed by atoms with van der Waals surface area (Å²) < 4.78 is 12.8. The number of thiazole rings is 1. The highest BCUT2D eigenvalue weighted by Crippen LogP contribution is 2.37. The number of ether oxygens (including phenoxy) is 2. The van der Waals surface area contributed by atoms with Crippen molar-refractivity contribution in [2.75, 3.05) is 12.4 Å². The van der Waals surface area contributed by atoms with Crippen molar-refractivity contribution < 1.29 is 9.47 Å². The van der Waals surface area contributed by atoms with Crippen LogP contribution in [-0.2, 0) is 13.2 Å². The quantitative estimate of drug-likeness (QED) is 0.225. The number of hydrogen-bond acceptors (Lipinski definition) is 5. The van der Waals surface area contributed by atoms with Crippen molar-refractivity contribution >= 4 is 38.8 Å². The summed E-state index contributed by atoms with van der Waals surface area (Å²) in [4.78, 5) is 4.78. The van der Waals surface area contributed by atoms with Gasteiger partial charge in [0.15, 0.2) is 11.5 Å². The van der Waals surface area contributed by atoms with Gasteiger partial charge in [-0.3, -0.25) is 0 Å². The highest BCUT2D eigenvalue weighted by atomic mass is 35.5. The average Bonchev–Trinajstić information content (AvgIpc) is 3.30. The van der Waals surface area contributed by atoms with Gasteiger partial charge in [-0.1, -0.05) is 47.5 Å². The number of aryl methyl sites for hydroxylation is 2. The van der Waals surface area contributed by atoms with Crippen LogP contribution in [0.1, 0.15) is 22.3 Å². The van der Waals surface area contributed by atoms with E-state index in [2.05, 4.69) is 73.8 Å². The molecule has 5 rings (SSSR count). The van der Waals surface area contributed by atoms with Crippen LogP contribution in [0.4, 0.5) is 5.69 Å². The van der Waals surface area contributed by atoms with E-state index in [9.17, 15) is 0 Å². The first-order valence-electron chi connectivity index (χ1n) is 11.7. The minimum absolute atomic E-state index is 0.427. The lowest BCUT2D eigenvalue weighted by Crippen LogP contribution is -2.03. The Morgan fingerprint density at radius 1 is 0.889 bits per heavy atom. The minimum Gasteiger partial charge on any atom is -0.493 e. The molecule has 0 spiro atoms.